The van der Waals surface area contributed by atoms with Crippen molar-refractivity contribution in [2.75, 3.05) is 27.2 Å². The molecule has 2 unspecified atom stereocenters. The van der Waals surface area contributed by atoms with Gasteiger partial charge in [-0.1, -0.05) is 0 Å². The molecular weight excluding hydrogens is 325 g/mol. The minimum atomic E-state index is 0.532. The van der Waals surface area contributed by atoms with Gasteiger partial charge in [0.1, 0.15) is 0 Å². The molecule has 0 radical (unpaired) electrons. The van der Waals surface area contributed by atoms with Gasteiger partial charge in [-0.2, -0.15) is 0 Å². The molecule has 1 saturated heterocycles. The molecular formula is C15H32InNO. The molecule has 1 aliphatic heterocycles. The zero-order valence-corrected chi connectivity index (χ0v) is 18.7. The van der Waals surface area contributed by atoms with Gasteiger partial charge in [-0.15, -0.1) is 0 Å². The molecule has 0 spiro atoms. The number of rotatable bonds is 8. The maximum atomic E-state index is 5.62. The third-order valence-corrected chi connectivity index (χ3v) is 9.06. The number of hydrogen-bond acceptors (Lipinski definition) is 2. The Balaban J connectivity index is 2.20. The van der Waals surface area contributed by atoms with E-state index in [4.69, 9.17) is 4.74 Å². The molecule has 1 fully saturated rings. The van der Waals surface area contributed by atoms with Gasteiger partial charge in [0.2, 0.25) is 0 Å². The molecule has 0 N–H and O–H groups in total. The summed E-state index contributed by atoms with van der Waals surface area (Å²) in [6.07, 6.45) is 10.1. The Labute approximate surface area is 128 Å². The molecule has 3 heteroatoms. The van der Waals surface area contributed by atoms with Crippen molar-refractivity contribution in [1.29, 1.82) is 0 Å². The molecule has 2 atom stereocenters. The molecule has 2 nitrogen and oxygen atoms in total. The quantitative estimate of drug-likeness (QED) is 0.663. The van der Waals surface area contributed by atoms with Crippen LogP contribution in [0.1, 0.15) is 51.9 Å². The fraction of sp³-hybridized carbons (Fsp3) is 1.00. The van der Waals surface area contributed by atoms with Crippen LogP contribution in [0.2, 0.25) is 3.67 Å². The number of ether oxygens (including phenoxy) is 1. The number of unbranched alkanes of at least 4 members (excludes halogenated alkanes) is 1. The van der Waals surface area contributed by atoms with E-state index >= 15 is 0 Å². The second-order valence-electron chi connectivity index (χ2n) is 6.20. The molecule has 0 aliphatic carbocycles. The van der Waals surface area contributed by atoms with Crippen LogP contribution in [0.5, 0.6) is 0 Å². The van der Waals surface area contributed by atoms with Gasteiger partial charge in [-0.3, -0.25) is 0 Å². The van der Waals surface area contributed by atoms with Gasteiger partial charge < -0.3 is 0 Å². The van der Waals surface area contributed by atoms with Crippen LogP contribution in [-0.2, 0) is 4.74 Å². The SMILES string of the molecule is CCCCC(CC[CH]([InH2])C1CCN(C)CC1)OC. The number of nitrogens with zero attached hydrogens (tertiary/aromatic N) is 1. The van der Waals surface area contributed by atoms with Gasteiger partial charge in [0.05, 0.1) is 0 Å². The first-order valence-corrected chi connectivity index (χ1v) is 11.2. The molecule has 0 amide bonds. The molecule has 106 valence electrons. The van der Waals surface area contributed by atoms with E-state index in [1.165, 1.54) is 58.0 Å². The first kappa shape index (κ1) is 16.8. The Morgan fingerprint density at radius 1 is 1.22 bits per heavy atom. The van der Waals surface area contributed by atoms with Gasteiger partial charge in [-0.25, -0.2) is 0 Å². The van der Waals surface area contributed by atoms with E-state index < -0.39 is 0 Å². The van der Waals surface area contributed by atoms with Crippen molar-refractivity contribution in [2.45, 2.75) is 61.6 Å². The molecule has 0 saturated carbocycles. The Morgan fingerprint density at radius 3 is 2.44 bits per heavy atom. The van der Waals surface area contributed by atoms with Crippen molar-refractivity contribution < 1.29 is 4.74 Å². The fourth-order valence-electron chi connectivity index (χ4n) is 3.09. The Morgan fingerprint density at radius 2 is 1.89 bits per heavy atom. The van der Waals surface area contributed by atoms with Crippen LogP contribution < -0.4 is 0 Å². The van der Waals surface area contributed by atoms with Crippen LogP contribution in [0.15, 0.2) is 0 Å². The summed E-state index contributed by atoms with van der Waals surface area (Å²) in [6, 6.07) is 0. The summed E-state index contributed by atoms with van der Waals surface area (Å²) in [5, 5.41) is 0. The molecule has 0 aromatic rings. The summed E-state index contributed by atoms with van der Waals surface area (Å²) in [4.78, 5) is 2.48. The predicted molar refractivity (Wildman–Crippen MR) is 82.1 cm³/mol. The maximum absolute atomic E-state index is 5.62. The second-order valence-corrected chi connectivity index (χ2v) is 10.4. The van der Waals surface area contributed by atoms with Gasteiger partial charge >= 0.3 is 129 Å². The fourth-order valence-corrected chi connectivity index (χ4v) is 5.95. The molecule has 1 rings (SSSR count). The average Bonchev–Trinajstić information content (AvgIpc) is 2.39. The van der Waals surface area contributed by atoms with E-state index in [9.17, 15) is 0 Å². The van der Waals surface area contributed by atoms with E-state index in [2.05, 4.69) is 18.9 Å². The van der Waals surface area contributed by atoms with Crippen molar-refractivity contribution in [1.82, 2.24) is 4.90 Å². The van der Waals surface area contributed by atoms with Crippen molar-refractivity contribution in [3.63, 3.8) is 0 Å². The van der Waals surface area contributed by atoms with Crippen molar-refractivity contribution in [3.05, 3.63) is 0 Å². The zero-order chi connectivity index (χ0) is 13.4. The molecule has 0 aromatic heterocycles. The average molecular weight is 357 g/mol. The Hall–Kier alpha value is 0.790. The van der Waals surface area contributed by atoms with Gasteiger partial charge in [0, 0.05) is 0 Å². The molecule has 18 heavy (non-hydrogen) atoms. The first-order valence-electron chi connectivity index (χ1n) is 7.88. The summed E-state index contributed by atoms with van der Waals surface area (Å²) in [6.45, 7) is 4.92. The van der Waals surface area contributed by atoms with Gasteiger partial charge in [-0.05, 0) is 0 Å². The van der Waals surface area contributed by atoms with Crippen molar-refractivity contribution >= 4 is 24.4 Å². The Kier molecular flexibility index (Phi) is 9.04. The molecule has 0 bridgehead atoms. The van der Waals surface area contributed by atoms with E-state index in [-0.39, 0.29) is 0 Å². The normalized spacial score (nSPS) is 21.9. The van der Waals surface area contributed by atoms with Crippen LogP contribution in [0.25, 0.3) is 0 Å². The van der Waals surface area contributed by atoms with Crippen LogP contribution in [0, 0.1) is 5.92 Å². The third kappa shape index (κ3) is 6.29. The van der Waals surface area contributed by atoms with Crippen LogP contribution in [0.3, 0.4) is 0 Å². The minimum absolute atomic E-state index is 0.532. The van der Waals surface area contributed by atoms with Gasteiger partial charge in [0.15, 0.2) is 0 Å². The number of methoxy groups -OCH3 is 1. The summed E-state index contributed by atoms with van der Waals surface area (Å²) < 4.78 is 6.71. The van der Waals surface area contributed by atoms with E-state index in [1.54, 1.807) is 0 Å². The van der Waals surface area contributed by atoms with Crippen LogP contribution >= 0.6 is 0 Å². The van der Waals surface area contributed by atoms with Crippen LogP contribution in [-0.4, -0.2) is 62.6 Å². The molecule has 0 aromatic carbocycles. The topological polar surface area (TPSA) is 12.5 Å². The van der Waals surface area contributed by atoms with Crippen molar-refractivity contribution in [2.24, 2.45) is 5.92 Å². The monoisotopic (exact) mass is 357 g/mol. The number of hydrogen-bond donors (Lipinski definition) is 0. The second kappa shape index (κ2) is 9.66. The van der Waals surface area contributed by atoms with E-state index in [1.807, 2.05) is 7.11 Å². The Bertz CT molecular complexity index is 205. The standard InChI is InChI=1S/C15H30NO.In.2H/c1-4-5-8-15(17-3)9-6-7-14-10-12-16(2)13-11-14;;;/h7,14-15H,4-6,8-13H2,1-3H3;;;. The third-order valence-electron chi connectivity index (χ3n) is 4.72. The first-order chi connectivity index (χ1) is 8.67. The predicted octanol–water partition coefficient (Wildman–Crippen LogP) is 2.74. The van der Waals surface area contributed by atoms with Crippen LogP contribution in [0.4, 0.5) is 0 Å². The van der Waals surface area contributed by atoms with E-state index in [0.717, 1.165) is 34.0 Å². The summed E-state index contributed by atoms with van der Waals surface area (Å²) in [7, 11) is 4.15. The number of piperidine rings is 1. The summed E-state index contributed by atoms with van der Waals surface area (Å²) in [5.74, 6) is 1.04. The number of likely N-dealkylation sites (tertiary alicyclic amines) is 1. The van der Waals surface area contributed by atoms with Gasteiger partial charge in [0.25, 0.3) is 0 Å². The molecule has 1 heterocycles. The van der Waals surface area contributed by atoms with E-state index in [0.29, 0.717) is 6.10 Å². The van der Waals surface area contributed by atoms with Crippen molar-refractivity contribution in [3.8, 4) is 0 Å². The molecule has 1 aliphatic rings. The summed E-state index contributed by atoms with van der Waals surface area (Å²) >= 11 is 0.807. The zero-order valence-electron chi connectivity index (χ0n) is 13.0. The summed E-state index contributed by atoms with van der Waals surface area (Å²) in [5.41, 5.74) is 0.